The van der Waals surface area contributed by atoms with Gasteiger partial charge in [-0.15, -0.1) is 0 Å². The molecule has 0 radical (unpaired) electrons. The Labute approximate surface area is 183 Å². The summed E-state index contributed by atoms with van der Waals surface area (Å²) < 4.78 is 25.2. The zero-order valence-electron chi connectivity index (χ0n) is 17.0. The number of carbonyl (C=O) groups excluding carboxylic acids is 1. The molecule has 1 aliphatic rings. The molecule has 0 heterocycles. The monoisotopic (exact) mass is 449 g/mol. The Morgan fingerprint density at radius 1 is 1.17 bits per heavy atom. The summed E-state index contributed by atoms with van der Waals surface area (Å²) in [5, 5.41) is 3.83. The van der Waals surface area contributed by atoms with E-state index in [1.54, 1.807) is 18.2 Å². The van der Waals surface area contributed by atoms with E-state index in [0.29, 0.717) is 17.3 Å². The van der Waals surface area contributed by atoms with E-state index in [9.17, 15) is 13.2 Å². The molecular weight excluding hydrogens is 422 g/mol. The molecule has 4 N–H and O–H groups in total. The van der Waals surface area contributed by atoms with Crippen LogP contribution in [0.25, 0.3) is 0 Å². The van der Waals surface area contributed by atoms with Crippen LogP contribution in [-0.2, 0) is 26.7 Å². The maximum atomic E-state index is 12.5. The van der Waals surface area contributed by atoms with Crippen molar-refractivity contribution in [3.63, 3.8) is 0 Å². The predicted octanol–water partition coefficient (Wildman–Crippen LogP) is 3.21. The Bertz CT molecular complexity index is 1000. The third-order valence-electron chi connectivity index (χ3n) is 5.73. The second-order valence-electron chi connectivity index (χ2n) is 8.09. The SMILES string of the molecule is CS(=O)(=O)Nc1cccc(CC(=O)NC2CCC(CN)(c3cccc(Cl)c3)CC2)c1. The number of amides is 1. The van der Waals surface area contributed by atoms with Crippen LogP contribution < -0.4 is 15.8 Å². The highest BCUT2D eigenvalue weighted by Gasteiger charge is 2.36. The van der Waals surface area contributed by atoms with Gasteiger partial charge in [0.2, 0.25) is 15.9 Å². The van der Waals surface area contributed by atoms with Crippen LogP contribution in [0.1, 0.15) is 36.8 Å². The fourth-order valence-electron chi connectivity index (χ4n) is 4.17. The molecule has 0 aliphatic heterocycles. The zero-order valence-corrected chi connectivity index (χ0v) is 18.6. The molecule has 1 fully saturated rings. The fraction of sp³-hybridized carbons (Fsp3) is 0.409. The third-order valence-corrected chi connectivity index (χ3v) is 6.57. The molecular formula is C22H28ClN3O3S. The van der Waals surface area contributed by atoms with Crippen LogP contribution >= 0.6 is 11.6 Å². The van der Waals surface area contributed by atoms with Crippen LogP contribution in [0, 0.1) is 0 Å². The number of sulfonamides is 1. The minimum Gasteiger partial charge on any atom is -0.353 e. The molecule has 0 bridgehead atoms. The molecule has 8 heteroatoms. The molecule has 162 valence electrons. The molecule has 30 heavy (non-hydrogen) atoms. The summed E-state index contributed by atoms with van der Waals surface area (Å²) in [6.45, 7) is 0.550. The number of nitrogens with two attached hydrogens (primary N) is 1. The summed E-state index contributed by atoms with van der Waals surface area (Å²) in [7, 11) is -3.35. The van der Waals surface area contributed by atoms with Gasteiger partial charge in [-0.2, -0.15) is 0 Å². The van der Waals surface area contributed by atoms with E-state index in [2.05, 4.69) is 16.1 Å². The molecule has 0 aromatic heterocycles. The number of carbonyl (C=O) groups is 1. The van der Waals surface area contributed by atoms with Crippen LogP contribution in [0.2, 0.25) is 5.02 Å². The minimum absolute atomic E-state index is 0.0699. The van der Waals surface area contributed by atoms with Crippen molar-refractivity contribution < 1.29 is 13.2 Å². The molecule has 0 saturated heterocycles. The highest BCUT2D eigenvalue weighted by atomic mass is 35.5. The predicted molar refractivity (Wildman–Crippen MR) is 121 cm³/mol. The number of halogens is 1. The average Bonchev–Trinajstić information content (AvgIpc) is 2.67. The van der Waals surface area contributed by atoms with Crippen molar-refractivity contribution >= 4 is 33.2 Å². The van der Waals surface area contributed by atoms with Crippen molar-refractivity contribution in [2.75, 3.05) is 17.5 Å². The molecule has 2 aromatic carbocycles. The number of hydrogen-bond acceptors (Lipinski definition) is 4. The van der Waals surface area contributed by atoms with Gasteiger partial charge in [0.15, 0.2) is 0 Å². The molecule has 1 saturated carbocycles. The van der Waals surface area contributed by atoms with Gasteiger partial charge in [0.1, 0.15) is 0 Å². The number of nitrogens with one attached hydrogen (secondary N) is 2. The molecule has 0 unspecified atom stereocenters. The number of benzene rings is 2. The lowest BCUT2D eigenvalue weighted by molar-refractivity contribution is -0.121. The first-order valence-electron chi connectivity index (χ1n) is 10.0. The smallest absolute Gasteiger partial charge is 0.229 e. The van der Waals surface area contributed by atoms with Crippen LogP contribution in [0.3, 0.4) is 0 Å². The van der Waals surface area contributed by atoms with Gasteiger partial charge in [0.05, 0.1) is 12.7 Å². The van der Waals surface area contributed by atoms with E-state index in [1.165, 1.54) is 0 Å². The van der Waals surface area contributed by atoms with Crippen molar-refractivity contribution in [1.82, 2.24) is 5.32 Å². The third kappa shape index (κ3) is 5.97. The van der Waals surface area contributed by atoms with Gasteiger partial charge in [-0.3, -0.25) is 9.52 Å². The zero-order chi connectivity index (χ0) is 21.8. The highest BCUT2D eigenvalue weighted by Crippen LogP contribution is 2.39. The maximum Gasteiger partial charge on any atom is 0.229 e. The maximum absolute atomic E-state index is 12.5. The van der Waals surface area contributed by atoms with E-state index in [4.69, 9.17) is 17.3 Å². The minimum atomic E-state index is -3.35. The van der Waals surface area contributed by atoms with Crippen LogP contribution in [-0.4, -0.2) is 33.2 Å². The molecule has 3 rings (SSSR count). The summed E-state index contributed by atoms with van der Waals surface area (Å²) in [4.78, 5) is 12.5. The first-order chi connectivity index (χ1) is 14.2. The summed E-state index contributed by atoms with van der Waals surface area (Å²) >= 11 is 6.17. The van der Waals surface area contributed by atoms with Gasteiger partial charge in [0, 0.05) is 28.7 Å². The van der Waals surface area contributed by atoms with Gasteiger partial charge >= 0.3 is 0 Å². The van der Waals surface area contributed by atoms with Crippen molar-refractivity contribution in [2.45, 2.75) is 43.6 Å². The Balaban J connectivity index is 1.57. The lowest BCUT2D eigenvalue weighted by Gasteiger charge is -2.40. The highest BCUT2D eigenvalue weighted by molar-refractivity contribution is 7.92. The van der Waals surface area contributed by atoms with Crippen LogP contribution in [0.5, 0.6) is 0 Å². The Kier molecular flexibility index (Phi) is 7.06. The number of hydrogen-bond donors (Lipinski definition) is 3. The first-order valence-corrected chi connectivity index (χ1v) is 12.3. The van der Waals surface area contributed by atoms with Crippen molar-refractivity contribution in [1.29, 1.82) is 0 Å². The standard InChI is InChI=1S/C22H28ClN3O3S/c1-30(28,29)26-20-7-2-4-16(12-20)13-21(27)25-19-8-10-22(15-24,11-9-19)17-5-3-6-18(23)14-17/h2-7,12,14,19,26H,8-11,13,15,24H2,1H3,(H,25,27). The quantitative estimate of drug-likeness (QED) is 0.604. The van der Waals surface area contributed by atoms with Crippen molar-refractivity contribution in [3.8, 4) is 0 Å². The second kappa shape index (κ2) is 9.37. The van der Waals surface area contributed by atoms with Gasteiger partial charge in [-0.25, -0.2) is 8.42 Å². The van der Waals surface area contributed by atoms with Crippen LogP contribution in [0.4, 0.5) is 5.69 Å². The van der Waals surface area contributed by atoms with E-state index in [0.717, 1.165) is 43.1 Å². The fourth-order valence-corrected chi connectivity index (χ4v) is 4.91. The largest absolute Gasteiger partial charge is 0.353 e. The molecule has 6 nitrogen and oxygen atoms in total. The lowest BCUT2D eigenvalue weighted by atomic mass is 9.68. The average molecular weight is 450 g/mol. The number of anilines is 1. The van der Waals surface area contributed by atoms with Crippen molar-refractivity contribution in [3.05, 3.63) is 64.7 Å². The van der Waals surface area contributed by atoms with E-state index < -0.39 is 10.0 Å². The molecule has 1 aliphatic carbocycles. The lowest BCUT2D eigenvalue weighted by Crippen LogP contribution is -2.45. The second-order valence-corrected chi connectivity index (χ2v) is 10.3. The van der Waals surface area contributed by atoms with Crippen molar-refractivity contribution in [2.24, 2.45) is 5.73 Å². The first kappa shape index (κ1) is 22.6. The van der Waals surface area contributed by atoms with E-state index in [-0.39, 0.29) is 23.8 Å². The summed E-state index contributed by atoms with van der Waals surface area (Å²) in [6, 6.07) is 14.9. The molecule has 2 aromatic rings. The Morgan fingerprint density at radius 2 is 1.87 bits per heavy atom. The Hall–Kier alpha value is -2.09. The van der Waals surface area contributed by atoms with E-state index >= 15 is 0 Å². The number of rotatable bonds is 7. The summed E-state index contributed by atoms with van der Waals surface area (Å²) in [6.07, 6.45) is 4.79. The molecule has 0 spiro atoms. The Morgan fingerprint density at radius 3 is 2.50 bits per heavy atom. The molecule has 1 amide bonds. The topological polar surface area (TPSA) is 101 Å². The van der Waals surface area contributed by atoms with E-state index in [1.807, 2.05) is 24.3 Å². The van der Waals surface area contributed by atoms with Gasteiger partial charge in [0.25, 0.3) is 0 Å². The summed E-state index contributed by atoms with van der Waals surface area (Å²) in [5.41, 5.74) is 8.42. The van der Waals surface area contributed by atoms with Gasteiger partial charge < -0.3 is 11.1 Å². The normalized spacial score (nSPS) is 21.8. The molecule has 0 atom stereocenters. The summed E-state index contributed by atoms with van der Waals surface area (Å²) in [5.74, 6) is -0.0699. The van der Waals surface area contributed by atoms with Gasteiger partial charge in [-0.1, -0.05) is 35.9 Å². The van der Waals surface area contributed by atoms with Crippen LogP contribution in [0.15, 0.2) is 48.5 Å². The van der Waals surface area contributed by atoms with Gasteiger partial charge in [-0.05, 0) is 61.1 Å².